The average Bonchev–Trinajstić information content (AvgIpc) is 3.08. The molecule has 0 aliphatic carbocycles. The standard InChI is InChI=1S/C44H63N3O5/c1-8-9-10-11-12-13-14-15-16-29-50-40-27-25-39(26-28-40)34-47(42(49)52-44(5,6)7)33-38-23-21-37(22-24-38)32-46(41(48)51-43(2,3)4)31-36-19-17-35(30-45)18-20-36/h8,17-28H,1,9-16,29-34,45H2,2-7H3. The van der Waals surface area contributed by atoms with Gasteiger partial charge >= 0.3 is 12.2 Å². The monoisotopic (exact) mass is 713 g/mol. The summed E-state index contributed by atoms with van der Waals surface area (Å²) in [4.78, 5) is 30.0. The van der Waals surface area contributed by atoms with Crippen LogP contribution >= 0.6 is 0 Å². The molecule has 0 fully saturated rings. The summed E-state index contributed by atoms with van der Waals surface area (Å²) < 4.78 is 17.5. The van der Waals surface area contributed by atoms with Crippen LogP contribution in [-0.2, 0) is 42.2 Å². The fourth-order valence-electron chi connectivity index (χ4n) is 5.59. The summed E-state index contributed by atoms with van der Waals surface area (Å²) in [7, 11) is 0. The third-order valence-corrected chi connectivity index (χ3v) is 8.32. The molecular weight excluding hydrogens is 651 g/mol. The van der Waals surface area contributed by atoms with E-state index in [1.54, 1.807) is 9.80 Å². The number of carbonyl (C=O) groups is 2. The summed E-state index contributed by atoms with van der Waals surface area (Å²) in [6.07, 6.45) is 10.9. The quantitative estimate of drug-likeness (QED) is 0.0925. The van der Waals surface area contributed by atoms with E-state index in [2.05, 4.69) is 6.58 Å². The Morgan fingerprint density at radius 2 is 0.923 bits per heavy atom. The maximum Gasteiger partial charge on any atom is 0.410 e. The molecule has 0 atom stereocenters. The number of rotatable bonds is 20. The van der Waals surface area contributed by atoms with E-state index in [9.17, 15) is 9.59 Å². The number of ether oxygens (including phenoxy) is 3. The summed E-state index contributed by atoms with van der Waals surface area (Å²) in [5, 5.41) is 0. The molecule has 3 aromatic rings. The molecule has 0 aliphatic rings. The summed E-state index contributed by atoms with van der Waals surface area (Å²) >= 11 is 0. The molecule has 0 saturated carbocycles. The van der Waals surface area contributed by atoms with Crippen LogP contribution in [0.1, 0.15) is 121 Å². The van der Waals surface area contributed by atoms with Crippen LogP contribution in [-0.4, -0.2) is 39.8 Å². The van der Waals surface area contributed by atoms with Crippen LogP contribution in [0.3, 0.4) is 0 Å². The molecule has 52 heavy (non-hydrogen) atoms. The molecule has 0 saturated heterocycles. The molecule has 0 heterocycles. The molecule has 2 N–H and O–H groups in total. The van der Waals surface area contributed by atoms with Crippen LogP contribution in [0.15, 0.2) is 85.5 Å². The van der Waals surface area contributed by atoms with Gasteiger partial charge in [-0.25, -0.2) is 9.59 Å². The van der Waals surface area contributed by atoms with Gasteiger partial charge in [-0.05, 0) is 101 Å². The second-order valence-electron chi connectivity index (χ2n) is 15.6. The van der Waals surface area contributed by atoms with E-state index >= 15 is 0 Å². The van der Waals surface area contributed by atoms with Crippen LogP contribution in [0.4, 0.5) is 9.59 Å². The molecule has 2 amide bonds. The van der Waals surface area contributed by atoms with Crippen molar-refractivity contribution in [2.75, 3.05) is 6.61 Å². The Labute approximate surface area is 313 Å². The Hall–Kier alpha value is -4.30. The van der Waals surface area contributed by atoms with E-state index in [1.165, 1.54) is 38.5 Å². The Morgan fingerprint density at radius 1 is 0.577 bits per heavy atom. The predicted molar refractivity (Wildman–Crippen MR) is 211 cm³/mol. The van der Waals surface area contributed by atoms with E-state index in [0.717, 1.165) is 46.4 Å². The molecule has 8 nitrogen and oxygen atoms in total. The molecule has 284 valence electrons. The molecule has 0 unspecified atom stereocenters. The van der Waals surface area contributed by atoms with E-state index in [1.807, 2.05) is 120 Å². The highest BCUT2D eigenvalue weighted by Crippen LogP contribution is 2.21. The molecule has 8 heteroatoms. The minimum absolute atomic E-state index is 0.366. The van der Waals surface area contributed by atoms with Gasteiger partial charge < -0.3 is 19.9 Å². The zero-order valence-corrected chi connectivity index (χ0v) is 32.6. The largest absolute Gasteiger partial charge is 0.494 e. The highest BCUT2D eigenvalue weighted by atomic mass is 16.6. The normalized spacial score (nSPS) is 11.5. The number of hydrogen-bond donors (Lipinski definition) is 1. The van der Waals surface area contributed by atoms with Crippen LogP contribution in [0, 0.1) is 0 Å². The maximum absolute atomic E-state index is 13.4. The van der Waals surface area contributed by atoms with Gasteiger partial charge in [-0.3, -0.25) is 9.80 Å². The fourth-order valence-corrected chi connectivity index (χ4v) is 5.59. The highest BCUT2D eigenvalue weighted by molar-refractivity contribution is 5.69. The first kappa shape index (κ1) is 42.1. The number of benzene rings is 3. The third kappa shape index (κ3) is 16.8. The van der Waals surface area contributed by atoms with Gasteiger partial charge in [-0.15, -0.1) is 6.58 Å². The summed E-state index contributed by atoms with van der Waals surface area (Å²) in [5.74, 6) is 0.834. The molecule has 0 aliphatic heterocycles. The SMILES string of the molecule is C=CCCCCCCCCCOc1ccc(CN(Cc2ccc(CN(Cc3ccc(CN)cc3)C(=O)OC(C)(C)C)cc2)C(=O)OC(C)(C)C)cc1. The lowest BCUT2D eigenvalue weighted by Crippen LogP contribution is -2.36. The number of nitrogens with two attached hydrogens (primary N) is 1. The third-order valence-electron chi connectivity index (χ3n) is 8.32. The molecule has 3 rings (SSSR count). The van der Waals surface area contributed by atoms with Gasteiger partial charge in [0.2, 0.25) is 0 Å². The number of hydrogen-bond acceptors (Lipinski definition) is 6. The van der Waals surface area contributed by atoms with Gasteiger partial charge in [0.05, 0.1) is 6.61 Å². The predicted octanol–water partition coefficient (Wildman–Crippen LogP) is 10.7. The van der Waals surface area contributed by atoms with Crippen LogP contribution in [0.5, 0.6) is 5.75 Å². The van der Waals surface area contributed by atoms with Gasteiger partial charge in [0.1, 0.15) is 17.0 Å². The smallest absolute Gasteiger partial charge is 0.410 e. The van der Waals surface area contributed by atoms with Gasteiger partial charge in [-0.1, -0.05) is 98.8 Å². The molecule has 0 radical (unpaired) electrons. The lowest BCUT2D eigenvalue weighted by molar-refractivity contribution is 0.0205. The number of carbonyl (C=O) groups excluding carboxylic acids is 2. The number of allylic oxidation sites excluding steroid dienone is 1. The molecule has 0 bridgehead atoms. The zero-order valence-electron chi connectivity index (χ0n) is 32.6. The van der Waals surface area contributed by atoms with Crippen molar-refractivity contribution in [1.29, 1.82) is 0 Å². The number of amides is 2. The molecule has 0 aromatic heterocycles. The van der Waals surface area contributed by atoms with E-state index < -0.39 is 11.2 Å². The van der Waals surface area contributed by atoms with Crippen molar-refractivity contribution in [3.05, 3.63) is 113 Å². The minimum atomic E-state index is -0.627. The highest BCUT2D eigenvalue weighted by Gasteiger charge is 2.24. The van der Waals surface area contributed by atoms with Crippen molar-refractivity contribution in [2.45, 2.75) is 137 Å². The van der Waals surface area contributed by atoms with E-state index in [4.69, 9.17) is 19.9 Å². The molecule has 3 aromatic carbocycles. The first-order valence-corrected chi connectivity index (χ1v) is 18.9. The zero-order chi connectivity index (χ0) is 38.0. The minimum Gasteiger partial charge on any atom is -0.494 e. The van der Waals surface area contributed by atoms with Crippen molar-refractivity contribution < 1.29 is 23.8 Å². The molecular formula is C44H63N3O5. The van der Waals surface area contributed by atoms with Crippen molar-refractivity contribution in [3.8, 4) is 5.75 Å². The average molecular weight is 714 g/mol. The van der Waals surface area contributed by atoms with Crippen LogP contribution in [0.25, 0.3) is 0 Å². The van der Waals surface area contributed by atoms with Crippen LogP contribution in [0.2, 0.25) is 0 Å². The van der Waals surface area contributed by atoms with Crippen molar-refractivity contribution in [2.24, 2.45) is 5.73 Å². The van der Waals surface area contributed by atoms with Gasteiger partial charge in [0.25, 0.3) is 0 Å². The topological polar surface area (TPSA) is 94.3 Å². The fraction of sp³-hybridized carbons (Fsp3) is 0.500. The Kier molecular flexibility index (Phi) is 17.2. The lowest BCUT2D eigenvalue weighted by Gasteiger charge is -2.28. The number of nitrogens with zero attached hydrogens (tertiary/aromatic N) is 2. The Morgan fingerprint density at radius 3 is 1.29 bits per heavy atom. The second-order valence-corrected chi connectivity index (χ2v) is 15.6. The van der Waals surface area contributed by atoms with Gasteiger partial charge in [0, 0.05) is 32.7 Å². The first-order valence-electron chi connectivity index (χ1n) is 18.9. The Bertz CT molecular complexity index is 1490. The second kappa shape index (κ2) is 21.3. The van der Waals surface area contributed by atoms with Gasteiger partial charge in [-0.2, -0.15) is 0 Å². The maximum atomic E-state index is 13.4. The summed E-state index contributed by atoms with van der Waals surface area (Å²) in [6.45, 7) is 17.7. The Balaban J connectivity index is 1.61. The van der Waals surface area contributed by atoms with Crippen molar-refractivity contribution in [1.82, 2.24) is 9.80 Å². The number of unbranched alkanes of at least 4 members (excludes halogenated alkanes) is 7. The van der Waals surface area contributed by atoms with Crippen molar-refractivity contribution >= 4 is 12.2 Å². The van der Waals surface area contributed by atoms with Crippen molar-refractivity contribution in [3.63, 3.8) is 0 Å². The van der Waals surface area contributed by atoms with E-state index in [-0.39, 0.29) is 12.2 Å². The van der Waals surface area contributed by atoms with Crippen LogP contribution < -0.4 is 10.5 Å². The van der Waals surface area contributed by atoms with Gasteiger partial charge in [0.15, 0.2) is 0 Å². The summed E-state index contributed by atoms with van der Waals surface area (Å²) in [5.41, 5.74) is 9.44. The summed E-state index contributed by atoms with van der Waals surface area (Å²) in [6, 6.07) is 23.9. The molecule has 0 spiro atoms. The first-order chi connectivity index (χ1) is 24.7. The lowest BCUT2D eigenvalue weighted by atomic mass is 10.1. The van der Waals surface area contributed by atoms with E-state index in [0.29, 0.717) is 39.3 Å².